The van der Waals surface area contributed by atoms with Gasteiger partial charge in [-0.3, -0.25) is 9.59 Å². The monoisotopic (exact) mass is 394 g/mol. The number of benzene rings is 1. The first-order valence-electron chi connectivity index (χ1n) is 8.92. The van der Waals surface area contributed by atoms with E-state index in [0.717, 1.165) is 0 Å². The van der Waals surface area contributed by atoms with Crippen molar-refractivity contribution in [2.45, 2.75) is 12.5 Å². The van der Waals surface area contributed by atoms with Crippen molar-refractivity contribution in [3.63, 3.8) is 0 Å². The predicted molar refractivity (Wildman–Crippen MR) is 102 cm³/mol. The fourth-order valence-corrected chi connectivity index (χ4v) is 3.12. The van der Waals surface area contributed by atoms with Crippen molar-refractivity contribution < 1.29 is 27.9 Å². The van der Waals surface area contributed by atoms with E-state index in [-0.39, 0.29) is 18.3 Å². The normalized spacial score (nSPS) is 15.8. The third-order valence-corrected chi connectivity index (χ3v) is 4.54. The molecular formula is C21H18N2O6. The summed E-state index contributed by atoms with van der Waals surface area (Å²) in [5.41, 5.74) is 0.934. The molecule has 2 aromatic heterocycles. The zero-order valence-corrected chi connectivity index (χ0v) is 15.6. The molecule has 4 rings (SSSR count). The minimum absolute atomic E-state index is 0.290. The molecule has 1 atom stereocenters. The van der Waals surface area contributed by atoms with Crippen molar-refractivity contribution in [1.29, 1.82) is 0 Å². The fourth-order valence-electron chi connectivity index (χ4n) is 3.12. The van der Waals surface area contributed by atoms with Crippen LogP contribution < -0.4 is 9.47 Å². The lowest BCUT2D eigenvalue weighted by atomic mass is 10.1. The first-order valence-corrected chi connectivity index (χ1v) is 8.92. The quantitative estimate of drug-likeness (QED) is 0.570. The molecule has 3 aromatic rings. The zero-order chi connectivity index (χ0) is 20.2. The summed E-state index contributed by atoms with van der Waals surface area (Å²) in [6.45, 7) is -0.292. The molecule has 1 unspecified atom stereocenters. The van der Waals surface area contributed by atoms with Gasteiger partial charge in [-0.15, -0.1) is 0 Å². The van der Waals surface area contributed by atoms with Crippen molar-refractivity contribution in [3.8, 4) is 11.5 Å². The number of aldehydes is 1. The number of nitrogens with zero attached hydrogens (tertiary/aromatic N) is 2. The Morgan fingerprint density at radius 3 is 2.76 bits per heavy atom. The van der Waals surface area contributed by atoms with E-state index >= 15 is 0 Å². The van der Waals surface area contributed by atoms with Gasteiger partial charge in [0.1, 0.15) is 34.8 Å². The molecule has 0 saturated heterocycles. The number of carbonyl (C=O) groups is 2. The summed E-state index contributed by atoms with van der Waals surface area (Å²) >= 11 is 0. The van der Waals surface area contributed by atoms with Gasteiger partial charge in [-0.25, -0.2) is 5.01 Å². The maximum Gasteiger partial charge on any atom is 0.281 e. The van der Waals surface area contributed by atoms with Gasteiger partial charge in [0.05, 0.1) is 25.2 Å². The van der Waals surface area contributed by atoms with Gasteiger partial charge in [-0.05, 0) is 42.5 Å². The summed E-state index contributed by atoms with van der Waals surface area (Å²) in [6, 6.07) is 11.5. The van der Waals surface area contributed by atoms with E-state index < -0.39 is 6.04 Å². The van der Waals surface area contributed by atoms with Crippen molar-refractivity contribution in [2.24, 2.45) is 5.10 Å². The van der Waals surface area contributed by atoms with Crippen molar-refractivity contribution in [3.05, 3.63) is 72.1 Å². The lowest BCUT2D eigenvalue weighted by molar-refractivity contribution is -0.135. The van der Waals surface area contributed by atoms with Gasteiger partial charge >= 0.3 is 0 Å². The molecule has 8 nitrogen and oxygen atoms in total. The number of rotatable bonds is 7. The van der Waals surface area contributed by atoms with Gasteiger partial charge < -0.3 is 18.3 Å². The summed E-state index contributed by atoms with van der Waals surface area (Å²) in [6.07, 6.45) is 4.21. The Kier molecular flexibility index (Phi) is 5.15. The highest BCUT2D eigenvalue weighted by molar-refractivity contribution is 6.01. The van der Waals surface area contributed by atoms with Gasteiger partial charge in [0.2, 0.25) is 0 Å². The molecule has 3 heterocycles. The molecule has 0 saturated carbocycles. The highest BCUT2D eigenvalue weighted by Crippen LogP contribution is 2.33. The molecule has 1 aromatic carbocycles. The molecule has 148 valence electrons. The zero-order valence-electron chi connectivity index (χ0n) is 15.6. The van der Waals surface area contributed by atoms with Crippen LogP contribution in [0.5, 0.6) is 11.5 Å². The number of ether oxygens (including phenoxy) is 2. The van der Waals surface area contributed by atoms with Crippen molar-refractivity contribution in [2.75, 3.05) is 13.7 Å². The number of amides is 1. The van der Waals surface area contributed by atoms with Crippen LogP contribution in [0.2, 0.25) is 0 Å². The highest BCUT2D eigenvalue weighted by atomic mass is 16.5. The number of hydrazone groups is 1. The van der Waals surface area contributed by atoms with Crippen LogP contribution in [0.3, 0.4) is 0 Å². The molecule has 0 N–H and O–H groups in total. The third kappa shape index (κ3) is 3.77. The second-order valence-corrected chi connectivity index (χ2v) is 6.31. The van der Waals surface area contributed by atoms with Gasteiger partial charge in [0, 0.05) is 6.42 Å². The molecule has 0 fully saturated rings. The van der Waals surface area contributed by atoms with E-state index in [1.165, 1.54) is 12.1 Å². The third-order valence-electron chi connectivity index (χ3n) is 4.54. The highest BCUT2D eigenvalue weighted by Gasteiger charge is 2.35. The van der Waals surface area contributed by atoms with E-state index in [1.807, 2.05) is 0 Å². The van der Waals surface area contributed by atoms with Gasteiger partial charge in [0.25, 0.3) is 5.91 Å². The topological polar surface area (TPSA) is 94.5 Å². The van der Waals surface area contributed by atoms with E-state index in [9.17, 15) is 9.59 Å². The lowest BCUT2D eigenvalue weighted by Crippen LogP contribution is -2.31. The molecule has 1 aliphatic heterocycles. The summed E-state index contributed by atoms with van der Waals surface area (Å²) in [4.78, 5) is 24.2. The van der Waals surface area contributed by atoms with Crippen LogP contribution in [0.4, 0.5) is 0 Å². The summed E-state index contributed by atoms with van der Waals surface area (Å²) in [5, 5.41) is 5.76. The van der Waals surface area contributed by atoms with Crippen LogP contribution in [0, 0.1) is 0 Å². The molecule has 0 radical (unpaired) electrons. The average Bonchev–Trinajstić information content (AvgIpc) is 3.51. The molecule has 29 heavy (non-hydrogen) atoms. The van der Waals surface area contributed by atoms with Crippen LogP contribution in [0.15, 0.2) is 68.9 Å². The SMILES string of the molecule is COc1ccc(OCC(=O)N2N=C(c3ccco3)CC2c2ccco2)c(C=O)c1. The smallest absolute Gasteiger partial charge is 0.281 e. The Bertz CT molecular complexity index is 1020. The van der Waals surface area contributed by atoms with Crippen LogP contribution in [0.1, 0.15) is 34.3 Å². The van der Waals surface area contributed by atoms with Gasteiger partial charge in [-0.2, -0.15) is 5.10 Å². The molecule has 0 bridgehead atoms. The Morgan fingerprint density at radius 2 is 2.07 bits per heavy atom. The van der Waals surface area contributed by atoms with Crippen LogP contribution in [-0.2, 0) is 4.79 Å². The maximum atomic E-state index is 12.9. The number of furan rings is 2. The Labute approximate surface area is 166 Å². The van der Waals surface area contributed by atoms with Gasteiger partial charge in [-0.1, -0.05) is 0 Å². The van der Waals surface area contributed by atoms with Crippen molar-refractivity contribution >= 4 is 17.9 Å². The number of hydrogen-bond donors (Lipinski definition) is 0. The first-order chi connectivity index (χ1) is 14.2. The van der Waals surface area contributed by atoms with Gasteiger partial charge in [0.15, 0.2) is 12.9 Å². The number of carbonyl (C=O) groups excluding carboxylic acids is 2. The summed E-state index contributed by atoms with van der Waals surface area (Å²) < 4.78 is 21.6. The van der Waals surface area contributed by atoms with Crippen LogP contribution in [-0.4, -0.2) is 36.6 Å². The first kappa shape index (κ1) is 18.5. The Morgan fingerprint density at radius 1 is 1.24 bits per heavy atom. The average molecular weight is 394 g/mol. The summed E-state index contributed by atoms with van der Waals surface area (Å²) in [7, 11) is 1.50. The van der Waals surface area contributed by atoms with Crippen molar-refractivity contribution in [1.82, 2.24) is 5.01 Å². The lowest BCUT2D eigenvalue weighted by Gasteiger charge is -2.20. The molecule has 1 amide bonds. The molecule has 0 aliphatic carbocycles. The standard InChI is InChI=1S/C21H18N2O6/c1-26-15-6-7-18(14(10-15)12-24)29-13-21(25)23-17(20-5-3-9-28-20)11-16(22-23)19-4-2-8-27-19/h2-10,12,17H,11,13H2,1H3. The number of hydrogen-bond acceptors (Lipinski definition) is 7. The minimum Gasteiger partial charge on any atom is -0.497 e. The predicted octanol–water partition coefficient (Wildman–Crippen LogP) is 3.45. The Hall–Kier alpha value is -3.81. The molecule has 0 spiro atoms. The number of methoxy groups -OCH3 is 1. The van der Waals surface area contributed by atoms with Crippen LogP contribution >= 0.6 is 0 Å². The van der Waals surface area contributed by atoms with E-state index in [0.29, 0.717) is 41.3 Å². The largest absolute Gasteiger partial charge is 0.497 e. The Balaban J connectivity index is 1.53. The fraction of sp³-hybridized carbons (Fsp3) is 0.190. The second-order valence-electron chi connectivity index (χ2n) is 6.31. The van der Waals surface area contributed by atoms with E-state index in [2.05, 4.69) is 5.10 Å². The minimum atomic E-state index is -0.400. The van der Waals surface area contributed by atoms with E-state index in [4.69, 9.17) is 18.3 Å². The summed E-state index contributed by atoms with van der Waals surface area (Å²) in [5.74, 6) is 1.65. The van der Waals surface area contributed by atoms with E-state index in [1.54, 1.807) is 55.0 Å². The molecular weight excluding hydrogens is 376 g/mol. The second kappa shape index (κ2) is 8.05. The maximum absolute atomic E-state index is 12.9. The van der Waals surface area contributed by atoms with Crippen LogP contribution in [0.25, 0.3) is 0 Å². The molecule has 1 aliphatic rings. The molecule has 8 heteroatoms.